The van der Waals surface area contributed by atoms with Gasteiger partial charge in [0.05, 0.1) is 5.02 Å². The van der Waals surface area contributed by atoms with E-state index in [9.17, 15) is 4.79 Å². The van der Waals surface area contributed by atoms with Crippen LogP contribution >= 0.6 is 45.8 Å². The van der Waals surface area contributed by atoms with Gasteiger partial charge in [0.1, 0.15) is 0 Å². The van der Waals surface area contributed by atoms with Gasteiger partial charge in [0.15, 0.2) is 0 Å². The first-order chi connectivity index (χ1) is 8.60. The average molecular weight is 400 g/mol. The van der Waals surface area contributed by atoms with Crippen molar-refractivity contribution in [2.24, 2.45) is 0 Å². The summed E-state index contributed by atoms with van der Waals surface area (Å²) >= 11 is 13.9. The van der Waals surface area contributed by atoms with Crippen LogP contribution in [0.2, 0.25) is 5.02 Å². The van der Waals surface area contributed by atoms with Crippen molar-refractivity contribution in [3.63, 3.8) is 0 Å². The molecule has 0 bridgehead atoms. The summed E-state index contributed by atoms with van der Waals surface area (Å²) in [5.74, 6) is 0.454. The SMILES string of the molecule is CCCCN(CCCl)C(=O)c1ccc(I)c(Cl)c1. The lowest BCUT2D eigenvalue weighted by atomic mass is 10.2. The van der Waals surface area contributed by atoms with Gasteiger partial charge >= 0.3 is 0 Å². The van der Waals surface area contributed by atoms with Gasteiger partial charge in [-0.05, 0) is 47.2 Å². The highest BCUT2D eigenvalue weighted by atomic mass is 127. The predicted molar refractivity (Wildman–Crippen MR) is 85.7 cm³/mol. The Morgan fingerprint density at radius 1 is 1.39 bits per heavy atom. The van der Waals surface area contributed by atoms with Gasteiger partial charge in [-0.25, -0.2) is 0 Å². The van der Waals surface area contributed by atoms with Gasteiger partial charge < -0.3 is 4.90 Å². The molecule has 0 radical (unpaired) electrons. The summed E-state index contributed by atoms with van der Waals surface area (Å²) < 4.78 is 0.947. The summed E-state index contributed by atoms with van der Waals surface area (Å²) in [6, 6.07) is 5.39. The van der Waals surface area contributed by atoms with Crippen molar-refractivity contribution in [3.8, 4) is 0 Å². The number of unbranched alkanes of at least 4 members (excludes halogenated alkanes) is 1. The van der Waals surface area contributed by atoms with Crippen molar-refractivity contribution in [2.45, 2.75) is 19.8 Å². The fourth-order valence-electron chi connectivity index (χ4n) is 1.58. The predicted octanol–water partition coefficient (Wildman–Crippen LogP) is 4.43. The lowest BCUT2D eigenvalue weighted by molar-refractivity contribution is 0.0763. The molecule has 5 heteroatoms. The zero-order chi connectivity index (χ0) is 13.5. The van der Waals surface area contributed by atoms with Crippen LogP contribution in [0.25, 0.3) is 0 Å². The van der Waals surface area contributed by atoms with Crippen LogP contribution in [-0.4, -0.2) is 29.8 Å². The van der Waals surface area contributed by atoms with E-state index in [1.54, 1.807) is 11.0 Å². The van der Waals surface area contributed by atoms with Gasteiger partial charge in [0.25, 0.3) is 5.91 Å². The normalized spacial score (nSPS) is 10.4. The van der Waals surface area contributed by atoms with Crippen LogP contribution < -0.4 is 0 Å². The van der Waals surface area contributed by atoms with Crippen molar-refractivity contribution in [2.75, 3.05) is 19.0 Å². The molecular formula is C13H16Cl2INO. The van der Waals surface area contributed by atoms with Crippen molar-refractivity contribution < 1.29 is 4.79 Å². The molecule has 2 nitrogen and oxygen atoms in total. The van der Waals surface area contributed by atoms with Crippen molar-refractivity contribution in [1.82, 2.24) is 4.90 Å². The van der Waals surface area contributed by atoms with E-state index in [2.05, 4.69) is 29.5 Å². The first-order valence-corrected chi connectivity index (χ1v) is 7.89. The Bertz CT molecular complexity index is 412. The summed E-state index contributed by atoms with van der Waals surface area (Å²) in [4.78, 5) is 14.1. The van der Waals surface area contributed by atoms with Crippen molar-refractivity contribution >= 4 is 51.7 Å². The lowest BCUT2D eigenvalue weighted by Crippen LogP contribution is -2.33. The molecule has 18 heavy (non-hydrogen) atoms. The van der Waals surface area contributed by atoms with E-state index in [4.69, 9.17) is 23.2 Å². The first-order valence-electron chi connectivity index (χ1n) is 5.90. The lowest BCUT2D eigenvalue weighted by Gasteiger charge is -2.21. The van der Waals surface area contributed by atoms with Gasteiger partial charge in [-0.2, -0.15) is 0 Å². The molecule has 0 heterocycles. The van der Waals surface area contributed by atoms with Crippen LogP contribution in [0.15, 0.2) is 18.2 Å². The molecule has 0 saturated heterocycles. The van der Waals surface area contributed by atoms with Crippen LogP contribution in [0, 0.1) is 3.57 Å². The number of carbonyl (C=O) groups excluding carboxylic acids is 1. The second kappa shape index (κ2) is 8.23. The zero-order valence-electron chi connectivity index (χ0n) is 10.3. The minimum Gasteiger partial charge on any atom is -0.337 e. The maximum Gasteiger partial charge on any atom is 0.253 e. The second-order valence-electron chi connectivity index (χ2n) is 3.96. The fraction of sp³-hybridized carbons (Fsp3) is 0.462. The number of hydrogen-bond acceptors (Lipinski definition) is 1. The summed E-state index contributed by atoms with van der Waals surface area (Å²) in [6.45, 7) is 3.42. The van der Waals surface area contributed by atoms with Crippen molar-refractivity contribution in [1.29, 1.82) is 0 Å². The second-order valence-corrected chi connectivity index (χ2v) is 5.91. The maximum atomic E-state index is 12.3. The topological polar surface area (TPSA) is 20.3 Å². The highest BCUT2D eigenvalue weighted by Crippen LogP contribution is 2.20. The third-order valence-electron chi connectivity index (χ3n) is 2.59. The molecule has 1 rings (SSSR count). The highest BCUT2D eigenvalue weighted by Gasteiger charge is 2.15. The van der Waals surface area contributed by atoms with E-state index >= 15 is 0 Å². The monoisotopic (exact) mass is 399 g/mol. The van der Waals surface area contributed by atoms with Crippen LogP contribution in [0.1, 0.15) is 30.1 Å². The van der Waals surface area contributed by atoms with Crippen LogP contribution in [-0.2, 0) is 0 Å². The third kappa shape index (κ3) is 4.59. The molecule has 0 aromatic heterocycles. The molecule has 1 aromatic rings. The van der Waals surface area contributed by atoms with Crippen LogP contribution in [0.5, 0.6) is 0 Å². The number of nitrogens with zero attached hydrogens (tertiary/aromatic N) is 1. The van der Waals surface area contributed by atoms with E-state index in [-0.39, 0.29) is 5.91 Å². The van der Waals surface area contributed by atoms with Gasteiger partial charge in [-0.15, -0.1) is 11.6 Å². The number of benzene rings is 1. The number of alkyl halides is 1. The van der Waals surface area contributed by atoms with E-state index < -0.39 is 0 Å². The molecule has 0 aliphatic rings. The molecule has 0 N–H and O–H groups in total. The van der Waals surface area contributed by atoms with Crippen LogP contribution in [0.4, 0.5) is 0 Å². The summed E-state index contributed by atoms with van der Waals surface area (Å²) in [5, 5.41) is 0.614. The standard InChI is InChI=1S/C13H16Cl2INO/c1-2-3-7-17(8-6-14)13(18)10-4-5-12(16)11(15)9-10/h4-5,9H,2-3,6-8H2,1H3. The van der Waals surface area contributed by atoms with Gasteiger partial charge in [-0.1, -0.05) is 24.9 Å². The Hall–Kier alpha value is -0.0000000000000000555. The Kier molecular flexibility index (Phi) is 7.34. The van der Waals surface area contributed by atoms with Crippen molar-refractivity contribution in [3.05, 3.63) is 32.4 Å². The highest BCUT2D eigenvalue weighted by molar-refractivity contribution is 14.1. The van der Waals surface area contributed by atoms with E-state index in [0.717, 1.165) is 23.0 Å². The first kappa shape index (κ1) is 16.1. The molecule has 0 spiro atoms. The van der Waals surface area contributed by atoms with Gasteiger partial charge in [-0.3, -0.25) is 4.79 Å². The third-order valence-corrected chi connectivity index (χ3v) is 4.33. The molecule has 1 amide bonds. The molecule has 0 unspecified atom stereocenters. The number of carbonyl (C=O) groups is 1. The fourth-order valence-corrected chi connectivity index (χ4v) is 2.30. The quantitative estimate of drug-likeness (QED) is 0.512. The minimum atomic E-state index is 0.00222. The van der Waals surface area contributed by atoms with E-state index in [0.29, 0.717) is 23.0 Å². The zero-order valence-corrected chi connectivity index (χ0v) is 13.9. The number of amides is 1. The molecular weight excluding hydrogens is 384 g/mol. The largest absolute Gasteiger partial charge is 0.337 e. The number of halogens is 3. The maximum absolute atomic E-state index is 12.3. The summed E-state index contributed by atoms with van der Waals surface area (Å²) in [6.07, 6.45) is 2.04. The smallest absolute Gasteiger partial charge is 0.253 e. The average Bonchev–Trinajstić information content (AvgIpc) is 2.37. The van der Waals surface area contributed by atoms with E-state index in [1.807, 2.05) is 12.1 Å². The van der Waals surface area contributed by atoms with Gasteiger partial charge in [0, 0.05) is 28.1 Å². The molecule has 0 saturated carbocycles. The Morgan fingerprint density at radius 3 is 2.67 bits per heavy atom. The Labute approximate surface area is 132 Å². The van der Waals surface area contributed by atoms with E-state index in [1.165, 1.54) is 0 Å². The molecule has 100 valence electrons. The Morgan fingerprint density at radius 2 is 2.11 bits per heavy atom. The molecule has 1 aromatic carbocycles. The number of rotatable bonds is 6. The number of hydrogen-bond donors (Lipinski definition) is 0. The Balaban J connectivity index is 2.83. The molecule has 0 atom stereocenters. The summed E-state index contributed by atoms with van der Waals surface area (Å²) in [5.41, 5.74) is 0.627. The summed E-state index contributed by atoms with van der Waals surface area (Å²) in [7, 11) is 0. The molecule has 0 aliphatic heterocycles. The minimum absolute atomic E-state index is 0.00222. The van der Waals surface area contributed by atoms with Gasteiger partial charge in [0.2, 0.25) is 0 Å². The molecule has 0 aliphatic carbocycles. The van der Waals surface area contributed by atoms with Crippen LogP contribution in [0.3, 0.4) is 0 Å². The molecule has 0 fully saturated rings.